The standard InChI is InChI=1S/C37H33N3O5/c1-44-32-14-13-23(20-33(32)45-2)19-31-35(41)38-37(43)40(36(31)42)26-21-29-27(24-9-5-3-6-10-24)15-17-39-18-16-28(30(22-26)34(29)39)25-11-7-4-8-12-25/h3-14,19-22,27-28H,15-18H2,1-2H3,(H,38,41,43)/b31-19+/t27-,28-/m1/s1. The van der Waals surface area contributed by atoms with Gasteiger partial charge in [-0.25, -0.2) is 9.69 Å². The van der Waals surface area contributed by atoms with Gasteiger partial charge in [-0.15, -0.1) is 0 Å². The van der Waals surface area contributed by atoms with Crippen molar-refractivity contribution in [1.29, 1.82) is 0 Å². The number of imide groups is 2. The van der Waals surface area contributed by atoms with Gasteiger partial charge in [0.2, 0.25) is 0 Å². The Bertz CT molecular complexity index is 1760. The highest BCUT2D eigenvalue weighted by molar-refractivity contribution is 6.39. The van der Waals surface area contributed by atoms with Gasteiger partial charge >= 0.3 is 6.03 Å². The molecule has 8 nitrogen and oxygen atoms in total. The highest BCUT2D eigenvalue weighted by atomic mass is 16.5. The van der Waals surface area contributed by atoms with E-state index in [9.17, 15) is 14.4 Å². The van der Waals surface area contributed by atoms with E-state index in [1.807, 2.05) is 48.5 Å². The van der Waals surface area contributed by atoms with Gasteiger partial charge in [0.05, 0.1) is 19.9 Å². The monoisotopic (exact) mass is 599 g/mol. The number of barbiturate groups is 1. The molecule has 45 heavy (non-hydrogen) atoms. The number of nitrogens with zero attached hydrogens (tertiary/aromatic N) is 2. The topological polar surface area (TPSA) is 88.2 Å². The zero-order chi connectivity index (χ0) is 31.1. The van der Waals surface area contributed by atoms with E-state index in [-0.39, 0.29) is 17.4 Å². The Kier molecular flexibility index (Phi) is 7.33. The molecule has 4 amide bonds. The highest BCUT2D eigenvalue weighted by Gasteiger charge is 2.40. The lowest BCUT2D eigenvalue weighted by atomic mass is 9.76. The summed E-state index contributed by atoms with van der Waals surface area (Å²) >= 11 is 0. The van der Waals surface area contributed by atoms with E-state index >= 15 is 0 Å². The van der Waals surface area contributed by atoms with Crippen LogP contribution in [-0.4, -0.2) is 45.2 Å². The second-order valence-electron chi connectivity index (χ2n) is 11.5. The van der Waals surface area contributed by atoms with E-state index in [2.05, 4.69) is 34.5 Å². The van der Waals surface area contributed by atoms with E-state index in [0.29, 0.717) is 22.7 Å². The summed E-state index contributed by atoms with van der Waals surface area (Å²) in [6.07, 6.45) is 3.31. The van der Waals surface area contributed by atoms with Gasteiger partial charge in [0, 0.05) is 30.6 Å². The van der Waals surface area contributed by atoms with Crippen molar-refractivity contribution in [3.8, 4) is 11.5 Å². The quantitative estimate of drug-likeness (QED) is 0.208. The molecule has 7 rings (SSSR count). The molecule has 4 aromatic carbocycles. The number of rotatable bonds is 6. The van der Waals surface area contributed by atoms with Gasteiger partial charge in [0.25, 0.3) is 11.8 Å². The summed E-state index contributed by atoms with van der Waals surface area (Å²) in [7, 11) is 3.05. The molecule has 0 unspecified atom stereocenters. The van der Waals surface area contributed by atoms with Crippen molar-refractivity contribution in [2.24, 2.45) is 0 Å². The van der Waals surface area contributed by atoms with Gasteiger partial charge in [-0.3, -0.25) is 14.9 Å². The van der Waals surface area contributed by atoms with E-state index in [0.717, 1.165) is 42.0 Å². The van der Waals surface area contributed by atoms with Gasteiger partial charge in [-0.05, 0) is 71.0 Å². The predicted molar refractivity (Wildman–Crippen MR) is 173 cm³/mol. The largest absolute Gasteiger partial charge is 0.493 e. The zero-order valence-electron chi connectivity index (χ0n) is 25.2. The molecule has 226 valence electrons. The molecule has 4 aromatic rings. The Hall–Kier alpha value is -5.37. The summed E-state index contributed by atoms with van der Waals surface area (Å²) < 4.78 is 10.7. The van der Waals surface area contributed by atoms with E-state index in [4.69, 9.17) is 9.47 Å². The number of hydrogen-bond donors (Lipinski definition) is 1. The van der Waals surface area contributed by atoms with E-state index < -0.39 is 17.8 Å². The van der Waals surface area contributed by atoms with Crippen molar-refractivity contribution >= 4 is 35.3 Å². The van der Waals surface area contributed by atoms with Gasteiger partial charge in [-0.2, -0.15) is 0 Å². The molecule has 0 bridgehead atoms. The fourth-order valence-electron chi connectivity index (χ4n) is 6.97. The molecular formula is C37H33N3O5. The molecule has 1 fully saturated rings. The summed E-state index contributed by atoms with van der Waals surface area (Å²) in [6, 6.07) is 29.0. The van der Waals surface area contributed by atoms with Gasteiger partial charge in [0.15, 0.2) is 11.5 Å². The number of carbonyl (C=O) groups excluding carboxylic acids is 3. The molecule has 8 heteroatoms. The molecule has 0 radical (unpaired) electrons. The molecule has 3 aliphatic rings. The van der Waals surface area contributed by atoms with Crippen LogP contribution in [0, 0.1) is 0 Å². The Morgan fingerprint density at radius 1 is 0.733 bits per heavy atom. The smallest absolute Gasteiger partial charge is 0.335 e. The number of benzene rings is 4. The van der Waals surface area contributed by atoms with Gasteiger partial charge in [-0.1, -0.05) is 66.7 Å². The molecule has 0 aliphatic carbocycles. The lowest BCUT2D eigenvalue weighted by Gasteiger charge is -2.44. The first-order valence-electron chi connectivity index (χ1n) is 15.1. The van der Waals surface area contributed by atoms with Crippen LogP contribution < -0.4 is 24.6 Å². The first kappa shape index (κ1) is 28.4. The summed E-state index contributed by atoms with van der Waals surface area (Å²) in [5.41, 5.74) is 6.60. The molecule has 1 N–H and O–H groups in total. The minimum atomic E-state index is -0.766. The van der Waals surface area contributed by atoms with Crippen LogP contribution in [0.3, 0.4) is 0 Å². The lowest BCUT2D eigenvalue weighted by Crippen LogP contribution is -2.54. The number of anilines is 2. The summed E-state index contributed by atoms with van der Waals surface area (Å²) in [5, 5.41) is 2.40. The number of hydrogen-bond acceptors (Lipinski definition) is 6. The van der Waals surface area contributed by atoms with Gasteiger partial charge < -0.3 is 14.4 Å². The normalized spacial score (nSPS) is 20.1. The van der Waals surface area contributed by atoms with Crippen LogP contribution in [0.5, 0.6) is 11.5 Å². The fraction of sp³-hybridized carbons (Fsp3) is 0.216. The van der Waals surface area contributed by atoms with E-state index in [1.165, 1.54) is 37.1 Å². The molecule has 0 aromatic heterocycles. The number of methoxy groups -OCH3 is 2. The zero-order valence-corrected chi connectivity index (χ0v) is 25.2. The number of nitrogens with one attached hydrogen (secondary N) is 1. The summed E-state index contributed by atoms with van der Waals surface area (Å²) in [6.45, 7) is 1.85. The Morgan fingerprint density at radius 3 is 1.87 bits per heavy atom. The number of urea groups is 1. The molecule has 0 spiro atoms. The van der Waals surface area contributed by atoms with E-state index in [1.54, 1.807) is 18.2 Å². The van der Waals surface area contributed by atoms with Crippen molar-refractivity contribution in [3.63, 3.8) is 0 Å². The van der Waals surface area contributed by atoms with Crippen LogP contribution in [0.4, 0.5) is 16.2 Å². The molecule has 1 saturated heterocycles. The van der Waals surface area contributed by atoms with Crippen molar-refractivity contribution < 1.29 is 23.9 Å². The number of amides is 4. The van der Waals surface area contributed by atoms with Crippen molar-refractivity contribution in [1.82, 2.24) is 5.32 Å². The minimum Gasteiger partial charge on any atom is -0.493 e. The molecule has 3 heterocycles. The van der Waals surface area contributed by atoms with Crippen LogP contribution in [0.15, 0.2) is 96.6 Å². The Labute approximate surface area is 261 Å². The highest BCUT2D eigenvalue weighted by Crippen LogP contribution is 2.50. The average Bonchev–Trinajstić information content (AvgIpc) is 3.07. The molecule has 3 aliphatic heterocycles. The number of carbonyl (C=O) groups is 3. The minimum absolute atomic E-state index is 0.0945. The maximum absolute atomic E-state index is 14.1. The summed E-state index contributed by atoms with van der Waals surface area (Å²) in [5.74, 6) is -0.254. The number of ether oxygens (including phenoxy) is 2. The van der Waals surface area contributed by atoms with Crippen molar-refractivity contribution in [2.75, 3.05) is 37.1 Å². The van der Waals surface area contributed by atoms with Crippen molar-refractivity contribution in [3.05, 3.63) is 124 Å². The maximum atomic E-state index is 14.1. The van der Waals surface area contributed by atoms with Crippen LogP contribution in [-0.2, 0) is 9.59 Å². The lowest BCUT2D eigenvalue weighted by molar-refractivity contribution is -0.122. The molecule has 2 atom stereocenters. The molecular weight excluding hydrogens is 566 g/mol. The maximum Gasteiger partial charge on any atom is 0.335 e. The van der Waals surface area contributed by atoms with Crippen LogP contribution >= 0.6 is 0 Å². The third-order valence-electron chi connectivity index (χ3n) is 9.08. The predicted octanol–water partition coefficient (Wildman–Crippen LogP) is 6.25. The second-order valence-corrected chi connectivity index (χ2v) is 11.5. The third-order valence-corrected chi connectivity index (χ3v) is 9.08. The van der Waals surface area contributed by atoms with Gasteiger partial charge in [0.1, 0.15) is 5.57 Å². The Morgan fingerprint density at radius 2 is 1.31 bits per heavy atom. The fourth-order valence-corrected chi connectivity index (χ4v) is 6.97. The van der Waals surface area contributed by atoms with Crippen LogP contribution in [0.2, 0.25) is 0 Å². The SMILES string of the molecule is COc1ccc(/C=C2\C(=O)NC(=O)N(c3cc4c5c(c3)[C@@H](c3ccccc3)CCN5CC[C@@H]4c3ccccc3)C2=O)cc1OC. The third kappa shape index (κ3) is 5.02. The average molecular weight is 600 g/mol. The second kappa shape index (κ2) is 11.6. The first-order valence-corrected chi connectivity index (χ1v) is 15.1. The van der Waals surface area contributed by atoms with Crippen molar-refractivity contribution in [2.45, 2.75) is 24.7 Å². The summed E-state index contributed by atoms with van der Waals surface area (Å²) in [4.78, 5) is 44.1. The molecule has 0 saturated carbocycles. The first-order chi connectivity index (χ1) is 22.0. The van der Waals surface area contributed by atoms with Crippen LogP contribution in [0.1, 0.15) is 52.5 Å². The Balaban J connectivity index is 1.37. The van der Waals surface area contributed by atoms with Crippen LogP contribution in [0.25, 0.3) is 6.08 Å².